The number of aldehydes is 1. The highest BCUT2D eigenvalue weighted by molar-refractivity contribution is 5.56. The Bertz CT molecular complexity index is 340. The molecular weight excluding hydrogens is 188 g/mol. The zero-order chi connectivity index (χ0) is 10.7. The van der Waals surface area contributed by atoms with Crippen molar-refractivity contribution in [3.8, 4) is 0 Å². The second-order valence-corrected chi connectivity index (χ2v) is 4.28. The van der Waals surface area contributed by atoms with Crippen molar-refractivity contribution in [3.63, 3.8) is 0 Å². The van der Waals surface area contributed by atoms with Crippen LogP contribution in [0.25, 0.3) is 0 Å². The fourth-order valence-corrected chi connectivity index (χ4v) is 2.18. The summed E-state index contributed by atoms with van der Waals surface area (Å²) in [5.74, 6) is 0.829. The minimum Gasteiger partial charge on any atom is -0.396 e. The zero-order valence-electron chi connectivity index (χ0n) is 8.73. The van der Waals surface area contributed by atoms with Gasteiger partial charge in [-0.05, 0) is 36.3 Å². The lowest BCUT2D eigenvalue weighted by Crippen LogP contribution is -2.22. The average molecular weight is 204 g/mol. The molecule has 0 radical (unpaired) electrons. The van der Waals surface area contributed by atoms with Crippen LogP contribution in [0.2, 0.25) is 0 Å². The van der Waals surface area contributed by atoms with Crippen molar-refractivity contribution in [2.45, 2.75) is 25.2 Å². The first-order valence-electron chi connectivity index (χ1n) is 5.48. The molecule has 0 amide bonds. The number of hydrogen-bond acceptors (Lipinski definition) is 2. The molecule has 1 aromatic carbocycles. The molecule has 1 aliphatic rings. The van der Waals surface area contributed by atoms with Crippen LogP contribution < -0.4 is 0 Å². The van der Waals surface area contributed by atoms with Gasteiger partial charge in [0.25, 0.3) is 0 Å². The van der Waals surface area contributed by atoms with Crippen LogP contribution in [0.5, 0.6) is 0 Å². The number of benzene rings is 1. The minimum absolute atomic E-state index is 0.199. The van der Waals surface area contributed by atoms with Crippen molar-refractivity contribution in [2.75, 3.05) is 6.61 Å². The van der Waals surface area contributed by atoms with Crippen molar-refractivity contribution in [1.29, 1.82) is 0 Å². The van der Waals surface area contributed by atoms with E-state index in [9.17, 15) is 4.79 Å². The quantitative estimate of drug-likeness (QED) is 0.761. The monoisotopic (exact) mass is 204 g/mol. The first-order valence-corrected chi connectivity index (χ1v) is 5.48. The van der Waals surface area contributed by atoms with Crippen molar-refractivity contribution in [3.05, 3.63) is 35.4 Å². The van der Waals surface area contributed by atoms with E-state index in [-0.39, 0.29) is 12.5 Å². The van der Waals surface area contributed by atoms with Crippen molar-refractivity contribution >= 4 is 6.29 Å². The van der Waals surface area contributed by atoms with Gasteiger partial charge in [-0.3, -0.25) is 0 Å². The molecule has 1 aromatic rings. The predicted molar refractivity (Wildman–Crippen MR) is 58.8 cm³/mol. The third-order valence-electron chi connectivity index (χ3n) is 3.19. The van der Waals surface area contributed by atoms with E-state index in [0.29, 0.717) is 5.92 Å². The van der Waals surface area contributed by atoms with E-state index in [4.69, 9.17) is 5.11 Å². The van der Waals surface area contributed by atoms with Crippen molar-refractivity contribution in [2.24, 2.45) is 5.92 Å². The SMILES string of the molecule is O=CC1CC(c2cccc(CCO)c2)C1. The van der Waals surface area contributed by atoms with Crippen LogP contribution in [0.1, 0.15) is 29.9 Å². The standard InChI is InChI=1S/C13H16O2/c14-5-4-10-2-1-3-12(6-10)13-7-11(8-13)9-15/h1-3,6,9,11,13-14H,4-5,7-8H2. The average Bonchev–Trinajstić information content (AvgIpc) is 2.17. The molecule has 1 aliphatic carbocycles. The number of aliphatic hydroxyl groups excluding tert-OH is 1. The molecule has 2 nitrogen and oxygen atoms in total. The van der Waals surface area contributed by atoms with Gasteiger partial charge in [0.1, 0.15) is 6.29 Å². The van der Waals surface area contributed by atoms with E-state index < -0.39 is 0 Å². The lowest BCUT2D eigenvalue weighted by Gasteiger charge is -2.32. The first kappa shape index (κ1) is 10.4. The summed E-state index contributed by atoms with van der Waals surface area (Å²) in [5.41, 5.74) is 2.50. The Balaban J connectivity index is 2.03. The number of carbonyl (C=O) groups excluding carboxylic acids is 1. The maximum absolute atomic E-state index is 10.5. The maximum Gasteiger partial charge on any atom is 0.123 e. The summed E-state index contributed by atoms with van der Waals surface area (Å²) in [5, 5.41) is 8.85. The van der Waals surface area contributed by atoms with E-state index in [1.54, 1.807) is 0 Å². The lowest BCUT2D eigenvalue weighted by molar-refractivity contribution is -0.113. The molecule has 0 bridgehead atoms. The van der Waals surface area contributed by atoms with Gasteiger partial charge in [0.2, 0.25) is 0 Å². The molecule has 1 saturated carbocycles. The molecule has 15 heavy (non-hydrogen) atoms. The normalized spacial score (nSPS) is 24.6. The molecule has 0 unspecified atom stereocenters. The topological polar surface area (TPSA) is 37.3 Å². The van der Waals surface area contributed by atoms with Gasteiger partial charge in [-0.2, -0.15) is 0 Å². The van der Waals surface area contributed by atoms with Crippen LogP contribution in [0.4, 0.5) is 0 Å². The van der Waals surface area contributed by atoms with Gasteiger partial charge in [0, 0.05) is 12.5 Å². The van der Waals surface area contributed by atoms with Crippen LogP contribution in [0.3, 0.4) is 0 Å². The molecule has 0 aromatic heterocycles. The zero-order valence-corrected chi connectivity index (χ0v) is 8.73. The summed E-state index contributed by atoms with van der Waals surface area (Å²) >= 11 is 0. The number of hydrogen-bond donors (Lipinski definition) is 1. The molecule has 0 aliphatic heterocycles. The lowest BCUT2D eigenvalue weighted by atomic mass is 9.72. The molecule has 0 spiro atoms. The van der Waals surface area contributed by atoms with Gasteiger partial charge in [-0.25, -0.2) is 0 Å². The molecule has 1 fully saturated rings. The first-order chi connectivity index (χ1) is 7.33. The van der Waals surface area contributed by atoms with Gasteiger partial charge in [0.05, 0.1) is 0 Å². The van der Waals surface area contributed by atoms with Crippen LogP contribution in [-0.2, 0) is 11.2 Å². The third-order valence-corrected chi connectivity index (χ3v) is 3.19. The Morgan fingerprint density at radius 2 is 2.20 bits per heavy atom. The van der Waals surface area contributed by atoms with Crippen LogP contribution in [0.15, 0.2) is 24.3 Å². The Labute approximate surface area is 89.9 Å². The van der Waals surface area contributed by atoms with E-state index >= 15 is 0 Å². The van der Waals surface area contributed by atoms with Gasteiger partial charge in [-0.15, -0.1) is 0 Å². The fourth-order valence-electron chi connectivity index (χ4n) is 2.18. The Morgan fingerprint density at radius 1 is 1.40 bits per heavy atom. The van der Waals surface area contributed by atoms with E-state index in [2.05, 4.69) is 12.1 Å². The third kappa shape index (κ3) is 2.26. The smallest absolute Gasteiger partial charge is 0.123 e. The fraction of sp³-hybridized carbons (Fsp3) is 0.462. The van der Waals surface area contributed by atoms with Gasteiger partial charge in [0.15, 0.2) is 0 Å². The second kappa shape index (κ2) is 4.58. The van der Waals surface area contributed by atoms with Gasteiger partial charge in [-0.1, -0.05) is 24.3 Å². The number of rotatable bonds is 4. The molecule has 2 rings (SSSR count). The van der Waals surface area contributed by atoms with Crippen LogP contribution in [0, 0.1) is 5.92 Å². The Morgan fingerprint density at radius 3 is 2.87 bits per heavy atom. The molecule has 2 heteroatoms. The Kier molecular flexibility index (Phi) is 3.17. The van der Waals surface area contributed by atoms with E-state index in [1.165, 1.54) is 11.1 Å². The predicted octanol–water partition coefficient (Wildman–Crippen LogP) is 1.91. The molecule has 80 valence electrons. The van der Waals surface area contributed by atoms with Crippen LogP contribution in [-0.4, -0.2) is 18.0 Å². The van der Waals surface area contributed by atoms with E-state index in [0.717, 1.165) is 25.5 Å². The highest BCUT2D eigenvalue weighted by Crippen LogP contribution is 2.40. The summed E-state index contributed by atoms with van der Waals surface area (Å²) in [6, 6.07) is 8.35. The second-order valence-electron chi connectivity index (χ2n) is 4.28. The van der Waals surface area contributed by atoms with E-state index in [1.807, 2.05) is 12.1 Å². The van der Waals surface area contributed by atoms with Gasteiger partial charge >= 0.3 is 0 Å². The molecular formula is C13H16O2. The summed E-state index contributed by atoms with van der Waals surface area (Å²) in [6.07, 6.45) is 3.77. The number of carbonyl (C=O) groups is 1. The largest absolute Gasteiger partial charge is 0.396 e. The van der Waals surface area contributed by atoms with Crippen LogP contribution >= 0.6 is 0 Å². The molecule has 0 heterocycles. The van der Waals surface area contributed by atoms with Gasteiger partial charge < -0.3 is 9.90 Å². The highest BCUT2D eigenvalue weighted by Gasteiger charge is 2.29. The number of aliphatic hydroxyl groups is 1. The summed E-state index contributed by atoms with van der Waals surface area (Å²) in [4.78, 5) is 10.5. The Hall–Kier alpha value is -1.15. The molecule has 1 N–H and O–H groups in total. The maximum atomic E-state index is 10.5. The summed E-state index contributed by atoms with van der Waals surface area (Å²) < 4.78 is 0. The van der Waals surface area contributed by atoms with Crippen molar-refractivity contribution < 1.29 is 9.90 Å². The minimum atomic E-state index is 0.199. The summed E-state index contributed by atoms with van der Waals surface area (Å²) in [7, 11) is 0. The van der Waals surface area contributed by atoms with Crippen molar-refractivity contribution in [1.82, 2.24) is 0 Å². The molecule has 0 saturated heterocycles. The highest BCUT2D eigenvalue weighted by atomic mass is 16.2. The summed E-state index contributed by atoms with van der Waals surface area (Å²) in [6.45, 7) is 0.199. The molecule has 0 atom stereocenters.